The Hall–Kier alpha value is -3.59. The number of hydrogen-bond acceptors (Lipinski definition) is 5. The molecule has 3 aromatic rings. The normalized spacial score (nSPS) is 11.0. The summed E-state index contributed by atoms with van der Waals surface area (Å²) >= 11 is 0. The van der Waals surface area contributed by atoms with Crippen molar-refractivity contribution in [1.82, 2.24) is 0 Å². The quantitative estimate of drug-likeness (QED) is 0.457. The number of nitrogens with one attached hydrogen (secondary N) is 2. The Balaban J connectivity index is 1.70. The molecule has 0 atom stereocenters. The minimum atomic E-state index is -3.96. The molecule has 3 N–H and O–H groups in total. The average molecular weight is 444 g/mol. The zero-order valence-corrected chi connectivity index (χ0v) is 17.4. The molecule has 0 aromatic heterocycles. The molecule has 0 radical (unpaired) electrons. The molecule has 0 aliphatic carbocycles. The van der Waals surface area contributed by atoms with E-state index in [1.54, 1.807) is 36.4 Å². The van der Waals surface area contributed by atoms with E-state index in [2.05, 4.69) is 10.0 Å². The molecule has 0 bridgehead atoms. The second kappa shape index (κ2) is 9.48. The summed E-state index contributed by atoms with van der Waals surface area (Å²) in [6, 6.07) is 15.8. The second-order valence-electron chi connectivity index (χ2n) is 6.69. The van der Waals surface area contributed by atoms with Crippen molar-refractivity contribution >= 4 is 27.3 Å². The van der Waals surface area contributed by atoms with Gasteiger partial charge in [-0.3, -0.25) is 9.52 Å². The number of anilines is 2. The fraction of sp³-hybridized carbons (Fsp3) is 0.136. The minimum Gasteiger partial charge on any atom is -0.506 e. The maximum atomic E-state index is 13.2. The summed E-state index contributed by atoms with van der Waals surface area (Å²) in [5, 5.41) is 12.5. The number of carbonyl (C=O) groups excluding carboxylic acids is 1. The minimum absolute atomic E-state index is 0.0317. The molecule has 0 spiro atoms. The highest BCUT2D eigenvalue weighted by Gasteiger charge is 2.17. The van der Waals surface area contributed by atoms with Gasteiger partial charge in [-0.25, -0.2) is 12.8 Å². The lowest BCUT2D eigenvalue weighted by Crippen LogP contribution is -2.15. The van der Waals surface area contributed by atoms with E-state index in [1.807, 2.05) is 0 Å². The van der Waals surface area contributed by atoms with Gasteiger partial charge >= 0.3 is 0 Å². The number of halogens is 1. The Bertz CT molecular complexity index is 1180. The molecule has 0 fully saturated rings. The molecule has 0 saturated carbocycles. The first-order chi connectivity index (χ1) is 14.8. The van der Waals surface area contributed by atoms with Crippen LogP contribution in [0.5, 0.6) is 11.5 Å². The molecule has 0 aliphatic rings. The Labute approximate surface area is 179 Å². The summed E-state index contributed by atoms with van der Waals surface area (Å²) in [5.74, 6) is -0.534. The average Bonchev–Trinajstić information content (AvgIpc) is 2.74. The zero-order chi connectivity index (χ0) is 22.4. The highest BCUT2D eigenvalue weighted by Crippen LogP contribution is 2.28. The van der Waals surface area contributed by atoms with Gasteiger partial charge in [-0.05, 0) is 66.6 Å². The van der Waals surface area contributed by atoms with Gasteiger partial charge in [0.25, 0.3) is 10.0 Å². The van der Waals surface area contributed by atoms with Crippen LogP contribution in [0.3, 0.4) is 0 Å². The first-order valence-corrected chi connectivity index (χ1v) is 10.8. The van der Waals surface area contributed by atoms with Gasteiger partial charge in [0.05, 0.1) is 17.7 Å². The topological polar surface area (TPSA) is 105 Å². The van der Waals surface area contributed by atoms with Crippen LogP contribution in [0.25, 0.3) is 0 Å². The van der Waals surface area contributed by atoms with Crippen LogP contribution in [0.15, 0.2) is 71.6 Å². The van der Waals surface area contributed by atoms with Crippen molar-refractivity contribution in [3.63, 3.8) is 0 Å². The van der Waals surface area contributed by atoms with E-state index in [1.165, 1.54) is 37.4 Å². The molecular weight excluding hydrogens is 423 g/mol. The summed E-state index contributed by atoms with van der Waals surface area (Å²) < 4.78 is 46.1. The monoisotopic (exact) mass is 444 g/mol. The third kappa shape index (κ3) is 5.95. The number of hydrogen-bond donors (Lipinski definition) is 3. The molecular formula is C22H21FN2O5S. The Kier molecular flexibility index (Phi) is 6.76. The fourth-order valence-electron chi connectivity index (χ4n) is 2.82. The molecule has 1 amide bonds. The number of benzene rings is 3. The lowest BCUT2D eigenvalue weighted by atomic mass is 10.1. The molecule has 9 heteroatoms. The van der Waals surface area contributed by atoms with Crippen LogP contribution in [-0.2, 0) is 21.2 Å². The van der Waals surface area contributed by atoms with Crippen LogP contribution in [0.2, 0.25) is 0 Å². The van der Waals surface area contributed by atoms with Gasteiger partial charge < -0.3 is 15.2 Å². The first-order valence-electron chi connectivity index (χ1n) is 9.31. The number of phenols is 1. The number of methoxy groups -OCH3 is 1. The predicted octanol–water partition coefficient (Wildman–Crippen LogP) is 3.91. The van der Waals surface area contributed by atoms with E-state index in [0.717, 1.165) is 0 Å². The molecule has 3 rings (SSSR count). The highest BCUT2D eigenvalue weighted by molar-refractivity contribution is 7.92. The predicted molar refractivity (Wildman–Crippen MR) is 115 cm³/mol. The van der Waals surface area contributed by atoms with Gasteiger partial charge in [-0.15, -0.1) is 0 Å². The summed E-state index contributed by atoms with van der Waals surface area (Å²) in [5.41, 5.74) is 0.941. The Morgan fingerprint density at radius 3 is 2.48 bits per heavy atom. The number of aromatic hydroxyl groups is 1. The molecule has 0 unspecified atom stereocenters. The highest BCUT2D eigenvalue weighted by atomic mass is 32.2. The smallest absolute Gasteiger partial charge is 0.261 e. The number of phenolic OH excluding ortho intramolecular Hbond substituents is 1. The van der Waals surface area contributed by atoms with Crippen LogP contribution < -0.4 is 14.8 Å². The summed E-state index contributed by atoms with van der Waals surface area (Å²) in [6.45, 7) is 0. The van der Waals surface area contributed by atoms with Crippen molar-refractivity contribution < 1.29 is 27.4 Å². The number of sulfonamides is 1. The van der Waals surface area contributed by atoms with Crippen molar-refractivity contribution in [3.05, 3.63) is 78.1 Å². The van der Waals surface area contributed by atoms with E-state index in [9.17, 15) is 22.7 Å². The van der Waals surface area contributed by atoms with Crippen LogP contribution in [-0.4, -0.2) is 26.5 Å². The number of amides is 1. The number of aryl methyl sites for hydroxylation is 1. The van der Waals surface area contributed by atoms with E-state index < -0.39 is 21.7 Å². The largest absolute Gasteiger partial charge is 0.506 e. The number of carbonyl (C=O) groups is 1. The summed E-state index contributed by atoms with van der Waals surface area (Å²) in [6.07, 6.45) is 0.325. The van der Waals surface area contributed by atoms with E-state index >= 15 is 0 Å². The van der Waals surface area contributed by atoms with Crippen LogP contribution >= 0.6 is 0 Å². The van der Waals surface area contributed by atoms with E-state index in [-0.39, 0.29) is 22.8 Å². The van der Waals surface area contributed by atoms with Crippen molar-refractivity contribution in [3.8, 4) is 11.5 Å². The molecule has 162 valence electrons. The van der Waals surface area contributed by atoms with E-state index in [0.29, 0.717) is 23.4 Å². The van der Waals surface area contributed by atoms with E-state index in [4.69, 9.17) is 4.74 Å². The van der Waals surface area contributed by atoms with Crippen molar-refractivity contribution in [2.45, 2.75) is 17.7 Å². The van der Waals surface area contributed by atoms with Crippen LogP contribution in [0.4, 0.5) is 15.8 Å². The third-order valence-corrected chi connectivity index (χ3v) is 5.80. The Morgan fingerprint density at radius 1 is 1.06 bits per heavy atom. The molecule has 7 nitrogen and oxygen atoms in total. The lowest BCUT2D eigenvalue weighted by molar-refractivity contribution is -0.116. The van der Waals surface area contributed by atoms with Crippen molar-refractivity contribution in [1.29, 1.82) is 0 Å². The standard InChI is InChI=1S/C22H21FN2O5S/c1-30-18-8-6-17(7-9-18)25-31(28,29)19-10-11-21(26)20(14-19)24-22(27)12-5-15-3-2-4-16(23)13-15/h2-4,6-11,13-14,25-26H,5,12H2,1H3,(H,24,27). The van der Waals surface area contributed by atoms with Gasteiger partial charge in [0.1, 0.15) is 17.3 Å². The van der Waals surface area contributed by atoms with Gasteiger partial charge in [-0.1, -0.05) is 12.1 Å². The maximum Gasteiger partial charge on any atom is 0.261 e. The van der Waals surface area contributed by atoms with Gasteiger partial charge in [-0.2, -0.15) is 0 Å². The maximum absolute atomic E-state index is 13.2. The van der Waals surface area contributed by atoms with Crippen LogP contribution in [0, 0.1) is 5.82 Å². The summed E-state index contributed by atoms with van der Waals surface area (Å²) in [7, 11) is -2.46. The molecule has 0 aliphatic heterocycles. The van der Waals surface area contributed by atoms with Crippen molar-refractivity contribution in [2.24, 2.45) is 0 Å². The second-order valence-corrected chi connectivity index (χ2v) is 8.37. The number of ether oxygens (including phenoxy) is 1. The SMILES string of the molecule is COc1ccc(NS(=O)(=O)c2ccc(O)c(NC(=O)CCc3cccc(F)c3)c2)cc1. The lowest BCUT2D eigenvalue weighted by Gasteiger charge is -2.12. The third-order valence-electron chi connectivity index (χ3n) is 4.42. The molecule has 0 heterocycles. The Morgan fingerprint density at radius 2 is 1.81 bits per heavy atom. The first kappa shape index (κ1) is 22.1. The fourth-order valence-corrected chi connectivity index (χ4v) is 3.90. The van der Waals surface area contributed by atoms with Crippen molar-refractivity contribution in [2.75, 3.05) is 17.1 Å². The van der Waals surface area contributed by atoms with Gasteiger partial charge in [0.15, 0.2) is 0 Å². The number of rotatable bonds is 8. The summed E-state index contributed by atoms with van der Waals surface area (Å²) in [4.78, 5) is 12.1. The van der Waals surface area contributed by atoms with Gasteiger partial charge in [0.2, 0.25) is 5.91 Å². The molecule has 31 heavy (non-hydrogen) atoms. The van der Waals surface area contributed by atoms with Crippen LogP contribution in [0.1, 0.15) is 12.0 Å². The molecule has 0 saturated heterocycles. The van der Waals surface area contributed by atoms with Gasteiger partial charge in [0, 0.05) is 12.1 Å². The molecule has 3 aromatic carbocycles. The zero-order valence-electron chi connectivity index (χ0n) is 16.6.